The van der Waals surface area contributed by atoms with E-state index < -0.39 is 29.1 Å². The van der Waals surface area contributed by atoms with Crippen molar-refractivity contribution in [1.29, 1.82) is 5.26 Å². The van der Waals surface area contributed by atoms with Crippen molar-refractivity contribution in [2.24, 2.45) is 5.92 Å². The van der Waals surface area contributed by atoms with Gasteiger partial charge in [-0.3, -0.25) is 4.79 Å². The first-order valence-corrected chi connectivity index (χ1v) is 13.5. The molecular weight excluding hydrogens is 555 g/mol. The maximum atomic E-state index is 15.0. The molecule has 5 rings (SSSR count). The topological polar surface area (TPSA) is 181 Å². The monoisotopic (exact) mass is 584 g/mol. The summed E-state index contributed by atoms with van der Waals surface area (Å²) >= 11 is 6.38. The Bertz CT molecular complexity index is 1620. The van der Waals surface area contributed by atoms with E-state index >= 15 is 4.39 Å². The second kappa shape index (κ2) is 10.5. The highest BCUT2D eigenvalue weighted by molar-refractivity contribution is 6.35. The normalized spacial score (nSPS) is 16.4. The summed E-state index contributed by atoms with van der Waals surface area (Å²) in [7, 11) is 0. The minimum absolute atomic E-state index is 0.0140. The molecule has 1 aliphatic heterocycles. The number of nitrogens with two attached hydrogens (primary N) is 2. The third-order valence-corrected chi connectivity index (χ3v) is 7.16. The summed E-state index contributed by atoms with van der Waals surface area (Å²) in [4.78, 5) is 40.9. The van der Waals surface area contributed by atoms with Gasteiger partial charge in [-0.1, -0.05) is 11.6 Å². The number of benzene rings is 1. The lowest BCUT2D eigenvalue weighted by atomic mass is 10.1. The van der Waals surface area contributed by atoms with Gasteiger partial charge in [0.1, 0.15) is 34.4 Å². The Kier molecular flexibility index (Phi) is 7.24. The second-order valence-electron chi connectivity index (χ2n) is 11.0. The van der Waals surface area contributed by atoms with Gasteiger partial charge in [0.2, 0.25) is 5.95 Å². The predicted molar refractivity (Wildman–Crippen MR) is 151 cm³/mol. The number of nitrogen functional groups attached to an aromatic ring is 2. The van der Waals surface area contributed by atoms with Crippen molar-refractivity contribution in [2.45, 2.75) is 45.3 Å². The molecule has 15 heteroatoms. The minimum Gasteiger partial charge on any atom is -0.444 e. The van der Waals surface area contributed by atoms with Gasteiger partial charge in [-0.25, -0.2) is 18.8 Å². The molecule has 13 nitrogen and oxygen atoms in total. The predicted octanol–water partition coefficient (Wildman–Crippen LogP) is 2.77. The van der Waals surface area contributed by atoms with Crippen LogP contribution < -0.4 is 27.4 Å². The number of ether oxygens (including phenoxy) is 1. The molecule has 41 heavy (non-hydrogen) atoms. The molecule has 3 heterocycles. The van der Waals surface area contributed by atoms with Gasteiger partial charge in [-0.15, -0.1) is 0 Å². The van der Waals surface area contributed by atoms with Gasteiger partial charge in [0.15, 0.2) is 11.6 Å². The van der Waals surface area contributed by atoms with E-state index in [2.05, 4.69) is 20.3 Å². The number of amides is 1. The number of carbonyl (C=O) groups is 1. The zero-order valence-electron chi connectivity index (χ0n) is 22.8. The number of rotatable bonds is 5. The van der Waals surface area contributed by atoms with Gasteiger partial charge in [-0.2, -0.15) is 15.2 Å². The quantitative estimate of drug-likeness (QED) is 0.401. The number of hydrogen-bond donors (Lipinski definition) is 3. The van der Waals surface area contributed by atoms with E-state index in [0.29, 0.717) is 0 Å². The van der Waals surface area contributed by atoms with Crippen LogP contribution in [0.2, 0.25) is 5.02 Å². The first kappa shape index (κ1) is 28.2. The SMILES string of the molecule is CC(C)(C)OC(=O)N1CCN(n2c(C(Nc3nc(N)nc(N)c3C#N)C3CC3)nc3c(F)ccc(Cl)c3c2=O)CC1. The van der Waals surface area contributed by atoms with E-state index in [1.807, 2.05) is 6.07 Å². The summed E-state index contributed by atoms with van der Waals surface area (Å²) in [6.07, 6.45) is 1.12. The summed E-state index contributed by atoms with van der Waals surface area (Å²) in [5, 5.41) is 14.6. The van der Waals surface area contributed by atoms with Crippen LogP contribution in [0.1, 0.15) is 51.0 Å². The standard InChI is InChI=1S/C26H30ClFN10O3/c1-26(2,3)41-25(40)36-8-10-37(11-9-36)38-22(33-19-16(28)7-6-15(27)17(19)23(38)39)18(13-4-5-13)32-21-14(12-29)20(30)34-24(31)35-21/h6-7,13,18H,4-5,8-11H2,1-3H3,(H5,30,31,32,34,35). The van der Waals surface area contributed by atoms with Crippen LogP contribution in [-0.2, 0) is 4.74 Å². The van der Waals surface area contributed by atoms with Crippen molar-refractivity contribution in [1.82, 2.24) is 24.5 Å². The molecule has 3 aromatic rings. The molecule has 2 aliphatic rings. The number of halogens is 2. The Morgan fingerprint density at radius 3 is 2.49 bits per heavy atom. The van der Waals surface area contributed by atoms with Crippen LogP contribution in [0.15, 0.2) is 16.9 Å². The maximum absolute atomic E-state index is 15.0. The van der Waals surface area contributed by atoms with Gasteiger partial charge in [-0.05, 0) is 51.7 Å². The fourth-order valence-corrected chi connectivity index (χ4v) is 5.02. The molecule has 1 amide bonds. The Morgan fingerprint density at radius 2 is 1.88 bits per heavy atom. The van der Waals surface area contributed by atoms with Crippen molar-refractivity contribution in [3.05, 3.63) is 44.7 Å². The Balaban J connectivity index is 1.60. The lowest BCUT2D eigenvalue weighted by molar-refractivity contribution is 0.0231. The molecule has 1 aliphatic carbocycles. The lowest BCUT2D eigenvalue weighted by Crippen LogP contribution is -2.57. The molecule has 0 spiro atoms. The highest BCUT2D eigenvalue weighted by Gasteiger charge is 2.39. The number of nitriles is 1. The summed E-state index contributed by atoms with van der Waals surface area (Å²) in [5.74, 6) is -0.670. The van der Waals surface area contributed by atoms with E-state index in [-0.39, 0.29) is 77.0 Å². The van der Waals surface area contributed by atoms with Crippen LogP contribution in [0.25, 0.3) is 10.9 Å². The van der Waals surface area contributed by atoms with E-state index in [1.165, 1.54) is 10.7 Å². The second-order valence-corrected chi connectivity index (χ2v) is 11.4. The molecule has 1 saturated heterocycles. The highest BCUT2D eigenvalue weighted by atomic mass is 35.5. The number of nitrogens with zero attached hydrogens (tertiary/aromatic N) is 7. The van der Waals surface area contributed by atoms with Gasteiger partial charge >= 0.3 is 6.09 Å². The minimum atomic E-state index is -0.701. The largest absolute Gasteiger partial charge is 0.444 e. The highest BCUT2D eigenvalue weighted by Crippen LogP contribution is 2.43. The fourth-order valence-electron chi connectivity index (χ4n) is 4.79. The van der Waals surface area contributed by atoms with E-state index in [0.717, 1.165) is 18.9 Å². The smallest absolute Gasteiger partial charge is 0.410 e. The molecule has 2 fully saturated rings. The average molecular weight is 585 g/mol. The summed E-state index contributed by atoms with van der Waals surface area (Å²) in [5.41, 5.74) is 10.3. The van der Waals surface area contributed by atoms with Crippen LogP contribution in [0, 0.1) is 23.1 Å². The zero-order valence-corrected chi connectivity index (χ0v) is 23.6. The van der Waals surface area contributed by atoms with Crippen molar-refractivity contribution in [3.8, 4) is 6.07 Å². The average Bonchev–Trinajstić information content (AvgIpc) is 3.73. The first-order valence-electron chi connectivity index (χ1n) is 13.1. The third kappa shape index (κ3) is 5.62. The number of anilines is 3. The number of aromatic nitrogens is 4. The van der Waals surface area contributed by atoms with Gasteiger partial charge in [0, 0.05) is 13.1 Å². The van der Waals surface area contributed by atoms with Gasteiger partial charge < -0.3 is 31.4 Å². The summed E-state index contributed by atoms with van der Waals surface area (Å²) in [6.45, 7) is 6.44. The molecular formula is C26H30ClFN10O3. The van der Waals surface area contributed by atoms with Crippen molar-refractivity contribution >= 4 is 46.2 Å². The van der Waals surface area contributed by atoms with Crippen LogP contribution in [-0.4, -0.2) is 62.4 Å². The van der Waals surface area contributed by atoms with Crippen LogP contribution in [0.4, 0.5) is 26.8 Å². The first-order chi connectivity index (χ1) is 19.4. The van der Waals surface area contributed by atoms with Crippen LogP contribution >= 0.6 is 11.6 Å². The van der Waals surface area contributed by atoms with E-state index in [1.54, 1.807) is 30.7 Å². The molecule has 1 aromatic carbocycles. The lowest BCUT2D eigenvalue weighted by Gasteiger charge is -2.38. The molecule has 216 valence electrons. The molecule has 1 atom stereocenters. The Hall–Kier alpha value is -4.38. The van der Waals surface area contributed by atoms with E-state index in [9.17, 15) is 14.9 Å². The Morgan fingerprint density at radius 1 is 1.20 bits per heavy atom. The van der Waals surface area contributed by atoms with Crippen molar-refractivity contribution in [3.63, 3.8) is 0 Å². The number of nitrogens with one attached hydrogen (secondary N) is 1. The molecule has 1 unspecified atom stereocenters. The molecule has 5 N–H and O–H groups in total. The van der Waals surface area contributed by atoms with Crippen LogP contribution in [0.3, 0.4) is 0 Å². The molecule has 2 aromatic heterocycles. The molecule has 0 bridgehead atoms. The fraction of sp³-hybridized carbons (Fsp3) is 0.462. The zero-order chi connectivity index (χ0) is 29.6. The molecule has 1 saturated carbocycles. The number of hydrogen-bond acceptors (Lipinski definition) is 11. The van der Waals surface area contributed by atoms with Crippen molar-refractivity contribution < 1.29 is 13.9 Å². The van der Waals surface area contributed by atoms with Crippen molar-refractivity contribution in [2.75, 3.05) is 48.0 Å². The number of carbonyl (C=O) groups excluding carboxylic acids is 1. The van der Waals surface area contributed by atoms with E-state index in [4.69, 9.17) is 27.8 Å². The van der Waals surface area contributed by atoms with Crippen LogP contribution in [0.5, 0.6) is 0 Å². The molecule has 0 radical (unpaired) electrons. The third-order valence-electron chi connectivity index (χ3n) is 6.85. The maximum Gasteiger partial charge on any atom is 0.410 e. The Labute approximate surface area is 239 Å². The van der Waals surface area contributed by atoms with Gasteiger partial charge in [0.25, 0.3) is 5.56 Å². The summed E-state index contributed by atoms with van der Waals surface area (Å²) in [6, 6.07) is 3.78. The van der Waals surface area contributed by atoms with Gasteiger partial charge in [0.05, 0.1) is 29.5 Å². The summed E-state index contributed by atoms with van der Waals surface area (Å²) < 4.78 is 21.9. The number of fused-ring (bicyclic) bond motifs is 1. The number of piperazine rings is 1.